The number of carboxylic acids is 1. The zero-order chi connectivity index (χ0) is 20.1. The Morgan fingerprint density at radius 2 is 2.04 bits per heavy atom. The molecule has 8 nitrogen and oxygen atoms in total. The number of nitrogens with one attached hydrogen (secondary N) is 1. The Labute approximate surface area is 162 Å². The van der Waals surface area contributed by atoms with Crippen molar-refractivity contribution in [2.24, 2.45) is 5.92 Å². The van der Waals surface area contributed by atoms with Crippen LogP contribution in [-0.4, -0.2) is 67.9 Å². The number of ether oxygens (including phenoxy) is 1. The summed E-state index contributed by atoms with van der Waals surface area (Å²) in [5.74, 6) is -1.55. The number of carbonyl (C=O) groups excluding carboxylic acids is 2. The molecule has 27 heavy (non-hydrogen) atoms. The third kappa shape index (κ3) is 5.28. The highest BCUT2D eigenvalue weighted by molar-refractivity contribution is 7.86. The lowest BCUT2D eigenvalue weighted by atomic mass is 10.0. The van der Waals surface area contributed by atoms with Crippen LogP contribution in [0.4, 0.5) is 0 Å². The van der Waals surface area contributed by atoms with Gasteiger partial charge in [-0.05, 0) is 44.9 Å². The molecule has 2 heterocycles. The van der Waals surface area contributed by atoms with Gasteiger partial charge in [-0.2, -0.15) is 0 Å². The van der Waals surface area contributed by atoms with Crippen molar-refractivity contribution in [3.8, 4) is 0 Å². The third-order valence-corrected chi connectivity index (χ3v) is 6.77. The molecule has 0 aliphatic carbocycles. The number of hydrogen-bond acceptors (Lipinski definition) is 6. The summed E-state index contributed by atoms with van der Waals surface area (Å²) in [6, 6.07) is -2.36. The Bertz CT molecular complexity index is 596. The lowest BCUT2D eigenvalue weighted by Gasteiger charge is -2.29. The molecule has 0 aromatic carbocycles. The highest BCUT2D eigenvalue weighted by Gasteiger charge is 2.49. The minimum Gasteiger partial charge on any atom is -0.480 e. The molecule has 2 fully saturated rings. The molecule has 9 heteroatoms. The maximum absolute atomic E-state index is 13.1. The molecule has 5 atom stereocenters. The molecule has 2 aliphatic rings. The summed E-state index contributed by atoms with van der Waals surface area (Å²) in [6.07, 6.45) is 2.97. The summed E-state index contributed by atoms with van der Waals surface area (Å²) in [6.45, 7) is 6.10. The maximum atomic E-state index is 13.1. The van der Waals surface area contributed by atoms with Gasteiger partial charge >= 0.3 is 11.9 Å². The molecular weight excluding hydrogens is 372 g/mol. The number of aliphatic carboxylic acids is 1. The Kier molecular flexibility index (Phi) is 7.79. The van der Waals surface area contributed by atoms with E-state index in [0.717, 1.165) is 6.42 Å². The zero-order valence-electron chi connectivity index (χ0n) is 16.2. The van der Waals surface area contributed by atoms with Gasteiger partial charge in [-0.25, -0.2) is 4.79 Å². The van der Waals surface area contributed by atoms with Crippen molar-refractivity contribution in [3.63, 3.8) is 0 Å². The van der Waals surface area contributed by atoms with Crippen LogP contribution in [0.25, 0.3) is 0 Å². The van der Waals surface area contributed by atoms with Gasteiger partial charge in [0, 0.05) is 10.8 Å². The smallest absolute Gasteiger partial charge is 0.327 e. The molecule has 1 unspecified atom stereocenters. The van der Waals surface area contributed by atoms with E-state index in [0.29, 0.717) is 31.6 Å². The van der Waals surface area contributed by atoms with E-state index in [4.69, 9.17) is 4.74 Å². The van der Waals surface area contributed by atoms with Crippen LogP contribution in [0.5, 0.6) is 0 Å². The Hall–Kier alpha value is -1.48. The van der Waals surface area contributed by atoms with Crippen molar-refractivity contribution in [2.75, 3.05) is 12.4 Å². The fourth-order valence-corrected chi connectivity index (χ4v) is 5.41. The van der Waals surface area contributed by atoms with Gasteiger partial charge in [-0.3, -0.25) is 19.1 Å². The molecule has 2 N–H and O–H groups in total. The van der Waals surface area contributed by atoms with Crippen LogP contribution in [0.2, 0.25) is 0 Å². The number of rotatable bonds is 8. The SMILES string of the molecule is CCOC(=O)C(CCC(C)C)N[C@@H]1CCC[C@H]2N(C1=O)[C@@H](C(=O)O)C[S@@]2=O. The van der Waals surface area contributed by atoms with Crippen LogP contribution in [-0.2, 0) is 29.9 Å². The van der Waals surface area contributed by atoms with Crippen molar-refractivity contribution in [3.05, 3.63) is 0 Å². The predicted molar refractivity (Wildman–Crippen MR) is 100 cm³/mol. The summed E-state index contributed by atoms with van der Waals surface area (Å²) in [5.41, 5.74) is 0. The summed E-state index contributed by atoms with van der Waals surface area (Å²) in [4.78, 5) is 38.2. The van der Waals surface area contributed by atoms with Gasteiger partial charge in [0.1, 0.15) is 17.5 Å². The monoisotopic (exact) mass is 402 g/mol. The van der Waals surface area contributed by atoms with E-state index in [1.54, 1.807) is 6.92 Å². The standard InChI is InChI=1S/C18H30N2O6S/c1-4-26-18(24)13(9-8-11(2)3)19-12-6-5-7-15-20(16(12)21)14(17(22)23)10-27(15)25/h11-15,19H,4-10H2,1-3H3,(H,22,23)/t12-,13?,14-,15+,27+/m1/s1. The van der Waals surface area contributed by atoms with Crippen LogP contribution < -0.4 is 5.32 Å². The minimum absolute atomic E-state index is 0.0346. The van der Waals surface area contributed by atoms with Gasteiger partial charge in [0.15, 0.2) is 0 Å². The number of carboxylic acid groups (broad SMARTS) is 1. The third-order valence-electron chi connectivity index (χ3n) is 5.06. The average Bonchev–Trinajstić information content (AvgIpc) is 2.84. The number of esters is 1. The molecular formula is C18H30N2O6S. The van der Waals surface area contributed by atoms with E-state index in [1.165, 1.54) is 4.90 Å². The first-order valence-electron chi connectivity index (χ1n) is 9.61. The molecule has 2 aliphatic heterocycles. The van der Waals surface area contributed by atoms with E-state index in [1.807, 2.05) is 0 Å². The maximum Gasteiger partial charge on any atom is 0.327 e. The molecule has 1 amide bonds. The van der Waals surface area contributed by atoms with Crippen LogP contribution in [0.15, 0.2) is 0 Å². The Morgan fingerprint density at radius 1 is 1.33 bits per heavy atom. The van der Waals surface area contributed by atoms with Gasteiger partial charge in [0.05, 0.1) is 18.4 Å². The van der Waals surface area contributed by atoms with Crippen LogP contribution in [0.3, 0.4) is 0 Å². The molecule has 0 aromatic rings. The topological polar surface area (TPSA) is 113 Å². The summed E-state index contributed by atoms with van der Waals surface area (Å²) >= 11 is 0. The molecule has 0 aromatic heterocycles. The Morgan fingerprint density at radius 3 is 2.63 bits per heavy atom. The lowest BCUT2D eigenvalue weighted by Crippen LogP contribution is -2.55. The molecule has 0 radical (unpaired) electrons. The predicted octanol–water partition coefficient (Wildman–Crippen LogP) is 0.867. The molecule has 0 saturated carbocycles. The first-order chi connectivity index (χ1) is 12.8. The van der Waals surface area contributed by atoms with E-state index in [-0.39, 0.29) is 18.3 Å². The molecule has 0 spiro atoms. The van der Waals surface area contributed by atoms with Gasteiger partial charge in [-0.1, -0.05) is 13.8 Å². The van der Waals surface area contributed by atoms with E-state index < -0.39 is 46.2 Å². The summed E-state index contributed by atoms with van der Waals surface area (Å²) < 4.78 is 17.4. The molecule has 2 saturated heterocycles. The fraction of sp³-hybridized carbons (Fsp3) is 0.833. The summed E-state index contributed by atoms with van der Waals surface area (Å²) in [7, 11) is -1.37. The first-order valence-corrected chi connectivity index (χ1v) is 11.0. The minimum atomic E-state index is -1.37. The number of amides is 1. The lowest BCUT2D eigenvalue weighted by molar-refractivity contribution is -0.151. The average molecular weight is 403 g/mol. The van der Waals surface area contributed by atoms with E-state index >= 15 is 0 Å². The molecule has 2 rings (SSSR count). The second kappa shape index (κ2) is 9.64. The zero-order valence-corrected chi connectivity index (χ0v) is 17.0. The van der Waals surface area contributed by atoms with Crippen molar-refractivity contribution in [1.82, 2.24) is 10.2 Å². The highest BCUT2D eigenvalue weighted by atomic mass is 32.2. The fourth-order valence-electron chi connectivity index (χ4n) is 3.64. The highest BCUT2D eigenvalue weighted by Crippen LogP contribution is 2.29. The summed E-state index contributed by atoms with van der Waals surface area (Å²) in [5, 5.41) is 12.0. The number of carbonyl (C=O) groups is 3. The first kappa shape index (κ1) is 21.8. The van der Waals surface area contributed by atoms with Crippen LogP contribution >= 0.6 is 0 Å². The van der Waals surface area contributed by atoms with Crippen LogP contribution in [0.1, 0.15) is 52.9 Å². The second-order valence-corrected chi connectivity index (χ2v) is 9.17. The van der Waals surface area contributed by atoms with Gasteiger partial charge in [0.2, 0.25) is 5.91 Å². The second-order valence-electron chi connectivity index (χ2n) is 7.53. The van der Waals surface area contributed by atoms with Gasteiger partial charge < -0.3 is 14.7 Å². The van der Waals surface area contributed by atoms with Crippen molar-refractivity contribution >= 4 is 28.6 Å². The molecule has 0 bridgehead atoms. The van der Waals surface area contributed by atoms with E-state index in [9.17, 15) is 23.7 Å². The number of nitrogens with zero attached hydrogens (tertiary/aromatic N) is 1. The number of fused-ring (bicyclic) bond motifs is 1. The Balaban J connectivity index is 2.17. The van der Waals surface area contributed by atoms with Crippen molar-refractivity contribution < 1.29 is 28.4 Å². The van der Waals surface area contributed by atoms with Crippen LogP contribution in [0, 0.1) is 5.92 Å². The normalized spacial score (nSPS) is 29.3. The van der Waals surface area contributed by atoms with Gasteiger partial charge in [0.25, 0.3) is 0 Å². The van der Waals surface area contributed by atoms with Crippen molar-refractivity contribution in [1.29, 1.82) is 0 Å². The quantitative estimate of drug-likeness (QED) is 0.579. The molecule has 154 valence electrons. The van der Waals surface area contributed by atoms with E-state index in [2.05, 4.69) is 19.2 Å². The largest absolute Gasteiger partial charge is 0.480 e. The van der Waals surface area contributed by atoms with Crippen molar-refractivity contribution in [2.45, 2.75) is 76.4 Å². The van der Waals surface area contributed by atoms with Gasteiger partial charge in [-0.15, -0.1) is 0 Å². The number of hydrogen-bond donors (Lipinski definition) is 2.